The van der Waals surface area contributed by atoms with Gasteiger partial charge in [0.2, 0.25) is 0 Å². The first-order chi connectivity index (χ1) is 11.6. The van der Waals surface area contributed by atoms with Gasteiger partial charge in [-0.05, 0) is 51.0 Å². The van der Waals surface area contributed by atoms with E-state index < -0.39 is 11.7 Å². The molecule has 2 unspecified atom stereocenters. The Labute approximate surface area is 162 Å². The summed E-state index contributed by atoms with van der Waals surface area (Å²) in [5.41, 5.74) is 1.57. The maximum absolute atomic E-state index is 12.4. The van der Waals surface area contributed by atoms with Gasteiger partial charge in [0.1, 0.15) is 5.60 Å². The molecule has 1 aromatic carbocycles. The van der Waals surface area contributed by atoms with Gasteiger partial charge in [-0.25, -0.2) is 4.79 Å². The normalized spacial score (nSPS) is 21.3. The van der Waals surface area contributed by atoms with E-state index in [-0.39, 0.29) is 18.8 Å². The van der Waals surface area contributed by atoms with Crippen molar-refractivity contribution in [2.45, 2.75) is 51.9 Å². The van der Waals surface area contributed by atoms with Crippen LogP contribution in [0.3, 0.4) is 0 Å². The number of aliphatic hydroxyl groups excluding tert-OH is 1. The monoisotopic (exact) mass is 433 g/mol. The van der Waals surface area contributed by atoms with Crippen LogP contribution in [-0.2, 0) is 15.9 Å². The first kappa shape index (κ1) is 20.5. The number of rotatable bonds is 3. The lowest BCUT2D eigenvalue weighted by Gasteiger charge is -2.38. The van der Waals surface area contributed by atoms with Crippen LogP contribution in [0.1, 0.15) is 31.9 Å². The molecule has 2 rings (SSSR count). The highest BCUT2D eigenvalue weighted by atomic mass is 79.9. The van der Waals surface area contributed by atoms with Gasteiger partial charge in [-0.15, -0.1) is 0 Å². The molecule has 1 aromatic rings. The summed E-state index contributed by atoms with van der Waals surface area (Å²) in [6.07, 6.45) is -0.419. The van der Waals surface area contributed by atoms with E-state index in [1.54, 1.807) is 4.90 Å². The zero-order chi connectivity index (χ0) is 18.8. The number of carbonyl (C=O) groups excluding carboxylic acids is 1. The predicted octanol–water partition coefficient (Wildman–Crippen LogP) is 3.95. The minimum Gasteiger partial charge on any atom is -0.444 e. The Morgan fingerprint density at radius 3 is 2.60 bits per heavy atom. The summed E-state index contributed by atoms with van der Waals surface area (Å²) in [4.78, 5) is 14.0. The van der Waals surface area contributed by atoms with E-state index in [1.807, 2.05) is 39.8 Å². The fraction of sp³-hybridized carbons (Fsp3) is 0.611. The number of amides is 1. The highest BCUT2D eigenvalue weighted by Gasteiger charge is 2.33. The van der Waals surface area contributed by atoms with Crippen molar-refractivity contribution in [3.63, 3.8) is 0 Å². The molecule has 25 heavy (non-hydrogen) atoms. The molecule has 1 heterocycles. The molecule has 0 spiro atoms. The third-order valence-corrected chi connectivity index (χ3v) is 4.83. The van der Waals surface area contributed by atoms with Gasteiger partial charge in [0.05, 0.1) is 31.9 Å². The molecule has 1 aliphatic heterocycles. The molecule has 1 saturated heterocycles. The molecule has 0 bridgehead atoms. The van der Waals surface area contributed by atoms with Crippen molar-refractivity contribution >= 4 is 33.6 Å². The zero-order valence-electron chi connectivity index (χ0n) is 15.0. The van der Waals surface area contributed by atoms with Gasteiger partial charge in [0, 0.05) is 15.9 Å². The van der Waals surface area contributed by atoms with Crippen molar-refractivity contribution in [1.82, 2.24) is 4.90 Å². The minimum absolute atomic E-state index is 0.142. The van der Waals surface area contributed by atoms with Crippen molar-refractivity contribution in [1.29, 1.82) is 0 Å². The molecule has 1 fully saturated rings. The lowest BCUT2D eigenvalue weighted by Crippen LogP contribution is -2.53. The summed E-state index contributed by atoms with van der Waals surface area (Å²) in [5, 5.41) is 10.2. The van der Waals surface area contributed by atoms with Crippen LogP contribution in [0, 0.1) is 6.92 Å². The molecular formula is C18H25BrClNO4. The van der Waals surface area contributed by atoms with Crippen LogP contribution < -0.4 is 0 Å². The van der Waals surface area contributed by atoms with Gasteiger partial charge >= 0.3 is 6.09 Å². The minimum atomic E-state index is -0.560. The van der Waals surface area contributed by atoms with Crippen LogP contribution >= 0.6 is 27.5 Å². The molecule has 1 amide bonds. The van der Waals surface area contributed by atoms with Crippen molar-refractivity contribution in [2.75, 3.05) is 19.7 Å². The average Bonchev–Trinajstić information content (AvgIpc) is 2.48. The standard InChI is InChI=1S/C18H25BrClNO4/c1-11-5-12(20)6-16(19)15(11)7-13-8-21(9-14(10-22)24-13)17(23)25-18(2,3)4/h5-6,13-14,22H,7-10H2,1-4H3. The molecule has 0 saturated carbocycles. The number of nitrogens with zero attached hydrogens (tertiary/aromatic N) is 1. The summed E-state index contributed by atoms with van der Waals surface area (Å²) in [7, 11) is 0. The maximum Gasteiger partial charge on any atom is 0.410 e. The van der Waals surface area contributed by atoms with Gasteiger partial charge < -0.3 is 19.5 Å². The molecule has 140 valence electrons. The first-order valence-electron chi connectivity index (χ1n) is 8.28. The summed E-state index contributed by atoms with van der Waals surface area (Å²) in [5.74, 6) is 0. The highest BCUT2D eigenvalue weighted by Crippen LogP contribution is 2.28. The third-order valence-electron chi connectivity index (χ3n) is 3.90. The van der Waals surface area contributed by atoms with Crippen LogP contribution in [0.4, 0.5) is 4.79 Å². The zero-order valence-corrected chi connectivity index (χ0v) is 17.4. The summed E-state index contributed by atoms with van der Waals surface area (Å²) in [6.45, 7) is 8.09. The summed E-state index contributed by atoms with van der Waals surface area (Å²) >= 11 is 9.62. The van der Waals surface area contributed by atoms with E-state index in [9.17, 15) is 9.90 Å². The largest absolute Gasteiger partial charge is 0.444 e. The van der Waals surface area contributed by atoms with Gasteiger partial charge in [-0.2, -0.15) is 0 Å². The second-order valence-electron chi connectivity index (χ2n) is 7.34. The SMILES string of the molecule is Cc1cc(Cl)cc(Br)c1CC1CN(C(=O)OC(C)(C)C)CC(CO)O1. The molecule has 5 nitrogen and oxygen atoms in total. The van der Waals surface area contributed by atoms with Crippen LogP contribution in [0.25, 0.3) is 0 Å². The molecule has 0 radical (unpaired) electrons. The fourth-order valence-corrected chi connectivity index (χ4v) is 3.96. The number of halogens is 2. The summed E-state index contributed by atoms with van der Waals surface area (Å²) < 4.78 is 12.3. The van der Waals surface area contributed by atoms with Gasteiger partial charge in [-0.3, -0.25) is 0 Å². The van der Waals surface area contributed by atoms with E-state index in [0.717, 1.165) is 15.6 Å². The third kappa shape index (κ3) is 5.84. The fourth-order valence-electron chi connectivity index (χ4n) is 2.83. The van der Waals surface area contributed by atoms with Crippen molar-refractivity contribution in [2.24, 2.45) is 0 Å². The van der Waals surface area contributed by atoms with E-state index in [4.69, 9.17) is 21.1 Å². The predicted molar refractivity (Wildman–Crippen MR) is 101 cm³/mol. The lowest BCUT2D eigenvalue weighted by molar-refractivity contribution is -0.102. The Bertz CT molecular complexity index is 609. The van der Waals surface area contributed by atoms with Crippen LogP contribution in [-0.4, -0.2) is 53.6 Å². The lowest BCUT2D eigenvalue weighted by atomic mass is 10.0. The molecule has 0 aliphatic carbocycles. The molecule has 7 heteroatoms. The number of aliphatic hydroxyl groups is 1. The number of benzene rings is 1. The Hall–Kier alpha value is -0.820. The maximum atomic E-state index is 12.4. The number of morpholine rings is 1. The van der Waals surface area contributed by atoms with Gasteiger partial charge in [0.15, 0.2) is 0 Å². The topological polar surface area (TPSA) is 59.0 Å². The van der Waals surface area contributed by atoms with Gasteiger partial charge in [0.25, 0.3) is 0 Å². The average molecular weight is 435 g/mol. The number of hydrogen-bond acceptors (Lipinski definition) is 4. The molecule has 2 atom stereocenters. The Balaban J connectivity index is 2.14. The second kappa shape index (κ2) is 8.25. The quantitative estimate of drug-likeness (QED) is 0.782. The Kier molecular flexibility index (Phi) is 6.76. The second-order valence-corrected chi connectivity index (χ2v) is 8.63. The highest BCUT2D eigenvalue weighted by molar-refractivity contribution is 9.10. The first-order valence-corrected chi connectivity index (χ1v) is 9.45. The van der Waals surface area contributed by atoms with E-state index in [1.165, 1.54) is 0 Å². The smallest absolute Gasteiger partial charge is 0.410 e. The molecule has 1 N–H and O–H groups in total. The Morgan fingerprint density at radius 2 is 2.04 bits per heavy atom. The van der Waals surface area contributed by atoms with E-state index >= 15 is 0 Å². The Morgan fingerprint density at radius 1 is 1.40 bits per heavy atom. The van der Waals surface area contributed by atoms with E-state index in [2.05, 4.69) is 15.9 Å². The van der Waals surface area contributed by atoms with Crippen molar-refractivity contribution < 1.29 is 19.4 Å². The number of aryl methyl sites for hydroxylation is 1. The number of ether oxygens (including phenoxy) is 2. The van der Waals surface area contributed by atoms with E-state index in [0.29, 0.717) is 24.5 Å². The molecule has 0 aromatic heterocycles. The van der Waals surface area contributed by atoms with Gasteiger partial charge in [-0.1, -0.05) is 27.5 Å². The summed E-state index contributed by atoms with van der Waals surface area (Å²) in [6, 6.07) is 3.75. The van der Waals surface area contributed by atoms with Crippen LogP contribution in [0.15, 0.2) is 16.6 Å². The van der Waals surface area contributed by atoms with Crippen LogP contribution in [0.5, 0.6) is 0 Å². The van der Waals surface area contributed by atoms with Crippen molar-refractivity contribution in [3.8, 4) is 0 Å². The molecule has 1 aliphatic rings. The molecular weight excluding hydrogens is 410 g/mol. The van der Waals surface area contributed by atoms with Crippen LogP contribution in [0.2, 0.25) is 5.02 Å². The number of hydrogen-bond donors (Lipinski definition) is 1. The van der Waals surface area contributed by atoms with Crippen molar-refractivity contribution in [3.05, 3.63) is 32.8 Å². The number of carbonyl (C=O) groups is 1.